The van der Waals surface area contributed by atoms with E-state index in [2.05, 4.69) is 12.1 Å². The fraction of sp³-hybridized carbons (Fsp3) is 0.368. The van der Waals surface area contributed by atoms with Crippen LogP contribution in [0.2, 0.25) is 0 Å². The lowest BCUT2D eigenvalue weighted by atomic mass is 10.1. The van der Waals surface area contributed by atoms with Crippen molar-refractivity contribution in [1.82, 2.24) is 4.90 Å². The number of anilines is 1. The van der Waals surface area contributed by atoms with Gasteiger partial charge in [-0.05, 0) is 105 Å². The average molecular weight is 625 g/mol. The minimum Gasteiger partial charge on any atom is -0.496 e. The van der Waals surface area contributed by atoms with E-state index in [1.165, 1.54) is 10.5 Å². The van der Waals surface area contributed by atoms with Crippen LogP contribution in [0.4, 0.5) is 10.5 Å². The van der Waals surface area contributed by atoms with Gasteiger partial charge in [0.15, 0.2) is 0 Å². The summed E-state index contributed by atoms with van der Waals surface area (Å²) in [5.74, 6) is 2.18. The van der Waals surface area contributed by atoms with Gasteiger partial charge < -0.3 is 23.8 Å². The summed E-state index contributed by atoms with van der Waals surface area (Å²) < 4.78 is 23.3. The van der Waals surface area contributed by atoms with Crippen LogP contribution in [0.15, 0.2) is 91.0 Å². The van der Waals surface area contributed by atoms with Gasteiger partial charge in [0.1, 0.15) is 36.0 Å². The molecule has 1 atom stereocenters. The van der Waals surface area contributed by atoms with Gasteiger partial charge in [-0.15, -0.1) is 0 Å². The van der Waals surface area contributed by atoms with E-state index in [1.54, 1.807) is 12.0 Å². The predicted octanol–water partition coefficient (Wildman–Crippen LogP) is 7.67. The summed E-state index contributed by atoms with van der Waals surface area (Å²) in [5.41, 5.74) is 1.29. The summed E-state index contributed by atoms with van der Waals surface area (Å²) in [7, 11) is 1.71. The van der Waals surface area contributed by atoms with Gasteiger partial charge in [-0.25, -0.2) is 4.79 Å². The molecule has 1 aliphatic heterocycles. The first-order chi connectivity index (χ1) is 22.2. The van der Waals surface area contributed by atoms with E-state index in [0.29, 0.717) is 12.4 Å². The number of aryl methyl sites for hydroxylation is 1. The number of hydrogen-bond acceptors (Lipinski definition) is 6. The van der Waals surface area contributed by atoms with Gasteiger partial charge in [-0.1, -0.05) is 48.5 Å². The molecule has 4 aromatic carbocycles. The zero-order valence-corrected chi connectivity index (χ0v) is 27.2. The van der Waals surface area contributed by atoms with Crippen LogP contribution in [0.5, 0.6) is 17.2 Å². The molecule has 8 nitrogen and oxygen atoms in total. The molecule has 0 N–H and O–H groups in total. The van der Waals surface area contributed by atoms with Crippen LogP contribution in [0.3, 0.4) is 0 Å². The summed E-state index contributed by atoms with van der Waals surface area (Å²) >= 11 is 0. The zero-order valence-electron chi connectivity index (χ0n) is 27.2. The fourth-order valence-electron chi connectivity index (χ4n) is 5.64. The summed E-state index contributed by atoms with van der Waals surface area (Å²) in [6.45, 7) is 6.46. The normalized spacial score (nSPS) is 15.1. The largest absolute Gasteiger partial charge is 0.496 e. The van der Waals surface area contributed by atoms with Crippen molar-refractivity contribution >= 4 is 28.5 Å². The number of fused-ring (bicyclic) bond motifs is 1. The molecule has 2 amide bonds. The maximum atomic E-state index is 13.6. The molecule has 1 aliphatic rings. The van der Waals surface area contributed by atoms with Gasteiger partial charge in [0.25, 0.3) is 0 Å². The number of ether oxygens (including phenoxy) is 4. The number of para-hydroxylation sites is 1. The summed E-state index contributed by atoms with van der Waals surface area (Å²) in [4.78, 5) is 29.7. The van der Waals surface area contributed by atoms with Gasteiger partial charge in [-0.3, -0.25) is 9.69 Å². The standard InChI is InChI=1S/C38H44N2O6/c1-38(2,3)46-37(42)39-25-32(27-45-34-20-17-28-12-7-8-15-30(28)24-34)40(36(41)26-39)31-18-21-33(22-19-31)44-23-11-5-6-13-29-14-9-10-16-35(29)43-4/h7-10,12,14-22,24,32H,5-6,11,13,23,25-27H2,1-4H3/t32-/m1/s1. The van der Waals surface area contributed by atoms with Gasteiger partial charge >= 0.3 is 6.09 Å². The van der Waals surface area contributed by atoms with Crippen LogP contribution in [-0.2, 0) is 16.0 Å². The van der Waals surface area contributed by atoms with Crippen molar-refractivity contribution in [3.05, 3.63) is 96.6 Å². The van der Waals surface area contributed by atoms with Crippen molar-refractivity contribution in [3.8, 4) is 17.2 Å². The second-order valence-electron chi connectivity index (χ2n) is 12.6. The smallest absolute Gasteiger partial charge is 0.410 e. The Morgan fingerprint density at radius 1 is 0.826 bits per heavy atom. The molecule has 0 unspecified atom stereocenters. The molecule has 8 heteroatoms. The Morgan fingerprint density at radius 2 is 1.54 bits per heavy atom. The molecule has 46 heavy (non-hydrogen) atoms. The highest BCUT2D eigenvalue weighted by Crippen LogP contribution is 2.27. The number of hydrogen-bond donors (Lipinski definition) is 0. The number of methoxy groups -OCH3 is 1. The van der Waals surface area contributed by atoms with E-state index < -0.39 is 17.7 Å². The molecule has 0 aliphatic carbocycles. The van der Waals surface area contributed by atoms with Crippen molar-refractivity contribution in [3.63, 3.8) is 0 Å². The monoisotopic (exact) mass is 624 g/mol. The Hall–Kier alpha value is -4.72. The predicted molar refractivity (Wildman–Crippen MR) is 181 cm³/mol. The zero-order chi connectivity index (χ0) is 32.5. The number of nitrogens with zero attached hydrogens (tertiary/aromatic N) is 2. The first kappa shape index (κ1) is 32.7. The van der Waals surface area contributed by atoms with Gasteiger partial charge in [0.05, 0.1) is 19.8 Å². The molecule has 0 aromatic heterocycles. The quantitative estimate of drug-likeness (QED) is 0.151. The summed E-state index contributed by atoms with van der Waals surface area (Å²) in [6, 6.07) is 29.3. The summed E-state index contributed by atoms with van der Waals surface area (Å²) in [5, 5.41) is 2.19. The molecule has 0 spiro atoms. The van der Waals surface area contributed by atoms with E-state index in [9.17, 15) is 9.59 Å². The SMILES string of the molecule is COc1ccccc1CCCCCOc1ccc(N2C(=O)CN(C(=O)OC(C)(C)C)C[C@@H]2COc2ccc3ccccc3c2)cc1. The highest BCUT2D eigenvalue weighted by molar-refractivity contribution is 5.98. The lowest BCUT2D eigenvalue weighted by Gasteiger charge is -2.41. The number of rotatable bonds is 12. The van der Waals surface area contributed by atoms with E-state index in [-0.39, 0.29) is 25.6 Å². The number of piperazine rings is 1. The highest BCUT2D eigenvalue weighted by Gasteiger charge is 2.38. The van der Waals surface area contributed by atoms with E-state index in [4.69, 9.17) is 18.9 Å². The number of amides is 2. The molecule has 5 rings (SSSR count). The van der Waals surface area contributed by atoms with E-state index in [0.717, 1.165) is 53.6 Å². The minimum atomic E-state index is -0.667. The molecule has 1 saturated heterocycles. The second kappa shape index (κ2) is 15.0. The number of carbonyl (C=O) groups is 2. The van der Waals surface area contributed by atoms with Crippen molar-refractivity contribution < 1.29 is 28.5 Å². The average Bonchev–Trinajstić information content (AvgIpc) is 3.05. The lowest BCUT2D eigenvalue weighted by Crippen LogP contribution is -2.60. The third kappa shape index (κ3) is 8.71. The van der Waals surface area contributed by atoms with Crippen molar-refractivity contribution in [1.29, 1.82) is 0 Å². The fourth-order valence-corrected chi connectivity index (χ4v) is 5.64. The molecule has 4 aromatic rings. The molecule has 0 radical (unpaired) electrons. The third-order valence-corrected chi connectivity index (χ3v) is 7.87. The Bertz CT molecular complexity index is 1610. The van der Waals surface area contributed by atoms with E-state index in [1.807, 2.05) is 99.6 Å². The molecule has 1 fully saturated rings. The Morgan fingerprint density at radius 3 is 2.30 bits per heavy atom. The Balaban J connectivity index is 1.20. The maximum absolute atomic E-state index is 13.6. The van der Waals surface area contributed by atoms with Crippen molar-refractivity contribution in [2.45, 2.75) is 58.1 Å². The lowest BCUT2D eigenvalue weighted by molar-refractivity contribution is -0.122. The van der Waals surface area contributed by atoms with Crippen LogP contribution < -0.4 is 19.1 Å². The van der Waals surface area contributed by atoms with Gasteiger partial charge in [-0.2, -0.15) is 0 Å². The van der Waals surface area contributed by atoms with Gasteiger partial charge in [0, 0.05) is 12.2 Å². The third-order valence-electron chi connectivity index (χ3n) is 7.87. The van der Waals surface area contributed by atoms with Crippen LogP contribution in [0, 0.1) is 0 Å². The van der Waals surface area contributed by atoms with Crippen LogP contribution in [-0.4, -0.2) is 62.0 Å². The van der Waals surface area contributed by atoms with Gasteiger partial charge in [0.2, 0.25) is 5.91 Å². The Kier molecular flexibility index (Phi) is 10.7. The number of carbonyl (C=O) groups excluding carboxylic acids is 2. The van der Waals surface area contributed by atoms with Crippen LogP contribution in [0.25, 0.3) is 10.8 Å². The highest BCUT2D eigenvalue weighted by atomic mass is 16.6. The topological polar surface area (TPSA) is 77.5 Å². The molecule has 0 bridgehead atoms. The first-order valence-electron chi connectivity index (χ1n) is 16.0. The molecule has 242 valence electrons. The minimum absolute atomic E-state index is 0.0749. The van der Waals surface area contributed by atoms with Crippen LogP contribution >= 0.6 is 0 Å². The molecular weight excluding hydrogens is 580 g/mol. The summed E-state index contributed by atoms with van der Waals surface area (Å²) in [6.07, 6.45) is 3.51. The van der Waals surface area contributed by atoms with Crippen molar-refractivity contribution in [2.24, 2.45) is 0 Å². The first-order valence-corrected chi connectivity index (χ1v) is 16.0. The number of unbranched alkanes of at least 4 members (excludes halogenated alkanes) is 2. The molecule has 1 heterocycles. The van der Waals surface area contributed by atoms with Crippen LogP contribution in [0.1, 0.15) is 45.6 Å². The second-order valence-corrected chi connectivity index (χ2v) is 12.6. The maximum Gasteiger partial charge on any atom is 0.410 e. The van der Waals surface area contributed by atoms with Crippen molar-refractivity contribution in [2.75, 3.05) is 38.3 Å². The molecular formula is C38H44N2O6. The Labute approximate surface area is 271 Å². The number of benzene rings is 4. The molecule has 0 saturated carbocycles. The van der Waals surface area contributed by atoms with E-state index >= 15 is 0 Å².